The summed E-state index contributed by atoms with van der Waals surface area (Å²) in [5, 5.41) is 15.8. The average Bonchev–Trinajstić information content (AvgIpc) is 3.53. The van der Waals surface area contributed by atoms with Crippen molar-refractivity contribution in [2.24, 2.45) is 29.1 Å². The Bertz CT molecular complexity index is 1100. The monoisotopic (exact) mass is 560 g/mol. The van der Waals surface area contributed by atoms with Crippen LogP contribution < -0.4 is 20.1 Å². The van der Waals surface area contributed by atoms with Gasteiger partial charge in [-0.2, -0.15) is 0 Å². The highest BCUT2D eigenvalue weighted by Gasteiger charge is 2.51. The van der Waals surface area contributed by atoms with Gasteiger partial charge in [0, 0.05) is 18.2 Å². The van der Waals surface area contributed by atoms with Crippen molar-refractivity contribution in [2.75, 3.05) is 7.11 Å². The molecule has 0 aliphatic heterocycles. The molecule has 0 saturated heterocycles. The fraction of sp³-hybridized carbons (Fsp3) is 0.710. The number of carbonyl (C=O) groups is 3. The Hall–Kier alpha value is -2.84. The second-order valence-corrected chi connectivity index (χ2v) is 12.4. The Balaban J connectivity index is 1.48. The maximum absolute atomic E-state index is 15.0. The maximum Gasteiger partial charge on any atom is 0.309 e. The number of carboxylic acids is 1. The van der Waals surface area contributed by atoms with Gasteiger partial charge in [0.2, 0.25) is 5.91 Å². The molecule has 0 aromatic heterocycles. The molecule has 0 radical (unpaired) electrons. The third kappa shape index (κ3) is 6.08. The fourth-order valence-corrected chi connectivity index (χ4v) is 7.25. The number of carboxylic acid groups (broad SMARTS) is 1. The zero-order valence-corrected chi connectivity index (χ0v) is 24.4. The predicted octanol–water partition coefficient (Wildman–Crippen LogP) is 5.33. The van der Waals surface area contributed by atoms with Crippen molar-refractivity contribution in [1.82, 2.24) is 10.6 Å². The molecule has 9 heteroatoms. The summed E-state index contributed by atoms with van der Waals surface area (Å²) in [7, 11) is 1.38. The summed E-state index contributed by atoms with van der Waals surface area (Å²) >= 11 is 0. The second-order valence-electron chi connectivity index (χ2n) is 12.4. The van der Waals surface area contributed by atoms with Crippen molar-refractivity contribution in [2.45, 2.75) is 104 Å². The molecule has 8 nitrogen and oxygen atoms in total. The van der Waals surface area contributed by atoms with Gasteiger partial charge in [0.1, 0.15) is 5.75 Å². The van der Waals surface area contributed by atoms with Gasteiger partial charge in [-0.05, 0) is 82.6 Å². The number of rotatable bonds is 11. The van der Waals surface area contributed by atoms with Crippen LogP contribution in [-0.4, -0.2) is 48.2 Å². The van der Waals surface area contributed by atoms with Crippen molar-refractivity contribution in [3.63, 3.8) is 0 Å². The Morgan fingerprint density at radius 1 is 1.07 bits per heavy atom. The van der Waals surface area contributed by atoms with Crippen molar-refractivity contribution < 1.29 is 33.4 Å². The van der Waals surface area contributed by atoms with E-state index in [1.54, 1.807) is 6.92 Å². The average molecular weight is 561 g/mol. The smallest absolute Gasteiger partial charge is 0.309 e. The van der Waals surface area contributed by atoms with Gasteiger partial charge in [-0.15, -0.1) is 0 Å². The molecule has 3 saturated carbocycles. The molecule has 40 heavy (non-hydrogen) atoms. The molecule has 3 aliphatic carbocycles. The number of nitrogens with one attached hydrogen (secondary N) is 2. The summed E-state index contributed by atoms with van der Waals surface area (Å²) in [4.78, 5) is 38.6. The Morgan fingerprint density at radius 3 is 2.33 bits per heavy atom. The molecule has 0 unspecified atom stereocenters. The van der Waals surface area contributed by atoms with Crippen LogP contribution in [0.25, 0.3) is 0 Å². The first-order chi connectivity index (χ1) is 19.0. The highest BCUT2D eigenvalue weighted by molar-refractivity contribution is 5.98. The molecule has 0 spiro atoms. The molecule has 2 amide bonds. The molecule has 5 atom stereocenters. The van der Waals surface area contributed by atoms with Gasteiger partial charge in [0.15, 0.2) is 11.6 Å². The van der Waals surface area contributed by atoms with Crippen LogP contribution in [0, 0.1) is 34.9 Å². The van der Waals surface area contributed by atoms with Crippen LogP contribution in [-0.2, 0) is 9.59 Å². The lowest BCUT2D eigenvalue weighted by molar-refractivity contribution is -0.150. The molecule has 1 aromatic carbocycles. The summed E-state index contributed by atoms with van der Waals surface area (Å²) in [6.45, 7) is 8.03. The van der Waals surface area contributed by atoms with E-state index in [-0.39, 0.29) is 58.9 Å². The largest absolute Gasteiger partial charge is 0.496 e. The van der Waals surface area contributed by atoms with Gasteiger partial charge in [-0.25, -0.2) is 4.39 Å². The summed E-state index contributed by atoms with van der Waals surface area (Å²) in [6.07, 6.45) is 6.31. The number of methoxy groups -OCH3 is 1. The van der Waals surface area contributed by atoms with Crippen LogP contribution in [0.4, 0.5) is 4.39 Å². The maximum atomic E-state index is 15.0. The van der Waals surface area contributed by atoms with E-state index in [0.29, 0.717) is 31.6 Å². The first-order valence-corrected chi connectivity index (χ1v) is 14.9. The zero-order valence-electron chi connectivity index (χ0n) is 24.4. The fourth-order valence-electron chi connectivity index (χ4n) is 7.25. The molecule has 4 rings (SSSR count). The second kappa shape index (κ2) is 12.4. The Kier molecular flexibility index (Phi) is 9.30. The molecule has 3 fully saturated rings. The summed E-state index contributed by atoms with van der Waals surface area (Å²) < 4.78 is 26.3. The number of carbonyl (C=O) groups excluding carboxylic acids is 2. The number of benzene rings is 1. The van der Waals surface area contributed by atoms with Gasteiger partial charge < -0.3 is 25.2 Å². The lowest BCUT2D eigenvalue weighted by Gasteiger charge is -2.34. The topological polar surface area (TPSA) is 114 Å². The summed E-state index contributed by atoms with van der Waals surface area (Å²) in [5.41, 5.74) is -0.657. The minimum Gasteiger partial charge on any atom is -0.496 e. The van der Waals surface area contributed by atoms with Crippen LogP contribution in [0.1, 0.15) is 95.8 Å². The Morgan fingerprint density at radius 2 is 1.73 bits per heavy atom. The van der Waals surface area contributed by atoms with Gasteiger partial charge in [0.25, 0.3) is 5.91 Å². The molecule has 2 bridgehead atoms. The molecular formula is C31H45FN2O6. The number of halogens is 1. The predicted molar refractivity (Wildman–Crippen MR) is 149 cm³/mol. The van der Waals surface area contributed by atoms with Crippen LogP contribution in [0.3, 0.4) is 0 Å². The quantitative estimate of drug-likeness (QED) is 0.337. The highest BCUT2D eigenvalue weighted by Crippen LogP contribution is 2.49. The van der Waals surface area contributed by atoms with E-state index in [9.17, 15) is 23.9 Å². The van der Waals surface area contributed by atoms with Gasteiger partial charge >= 0.3 is 5.97 Å². The molecule has 0 heterocycles. The SMILES string of the molecule is CCC(CC)[C@@H](C)NC(=O)[C@H]1[C@@H]2CC[C@@H](C2)[C@H]1NC(=O)c1cc(OC2CCC(C)(C(=O)O)CC2)c(F)cc1OC. The number of amides is 2. The van der Waals surface area contributed by atoms with Crippen LogP contribution in [0.2, 0.25) is 0 Å². The van der Waals surface area contributed by atoms with Crippen LogP contribution in [0.15, 0.2) is 12.1 Å². The summed E-state index contributed by atoms with van der Waals surface area (Å²) in [5.74, 6) is -1.31. The lowest BCUT2D eigenvalue weighted by atomic mass is 9.75. The van der Waals surface area contributed by atoms with E-state index in [2.05, 4.69) is 31.4 Å². The van der Waals surface area contributed by atoms with Crippen molar-refractivity contribution in [3.8, 4) is 11.5 Å². The van der Waals surface area contributed by atoms with E-state index >= 15 is 0 Å². The van der Waals surface area contributed by atoms with Gasteiger partial charge in [0.05, 0.1) is 30.1 Å². The summed E-state index contributed by atoms with van der Waals surface area (Å²) in [6, 6.07) is 2.28. The van der Waals surface area contributed by atoms with Gasteiger partial charge in [-0.3, -0.25) is 14.4 Å². The minimum absolute atomic E-state index is 0.00217. The molecule has 1 aromatic rings. The molecule has 222 valence electrons. The van der Waals surface area contributed by atoms with Crippen molar-refractivity contribution in [3.05, 3.63) is 23.5 Å². The van der Waals surface area contributed by atoms with Crippen LogP contribution in [0.5, 0.6) is 11.5 Å². The number of fused-ring (bicyclic) bond motifs is 2. The number of aliphatic carboxylic acids is 1. The first-order valence-electron chi connectivity index (χ1n) is 14.9. The molecule has 3 N–H and O–H groups in total. The van der Waals surface area contributed by atoms with Gasteiger partial charge in [-0.1, -0.05) is 26.7 Å². The third-order valence-electron chi connectivity index (χ3n) is 9.99. The standard InChI is InChI=1S/C31H45FN2O6/c1-6-18(7-2)17(3)33-29(36)26-19-8-9-20(14-19)27(26)34-28(35)22-15-25(23(32)16-24(22)39-5)40-21-10-12-31(4,13-11-21)30(37)38/h15-21,26-27H,6-14H2,1-5H3,(H,33,36)(H,34,35)(H,37,38)/t17-,19-,20+,21?,26+,27-,31?/m1/s1. The number of hydrogen-bond donors (Lipinski definition) is 3. The normalized spacial score (nSPS) is 30.1. The van der Waals surface area contributed by atoms with E-state index in [1.807, 2.05) is 0 Å². The molecule has 3 aliphatic rings. The van der Waals surface area contributed by atoms with Crippen molar-refractivity contribution >= 4 is 17.8 Å². The first kappa shape index (κ1) is 30.1. The lowest BCUT2D eigenvalue weighted by Crippen LogP contribution is -2.52. The van der Waals surface area contributed by atoms with E-state index in [4.69, 9.17) is 9.47 Å². The third-order valence-corrected chi connectivity index (χ3v) is 9.99. The Labute approximate surface area is 236 Å². The number of hydrogen-bond acceptors (Lipinski definition) is 5. The molecular weight excluding hydrogens is 515 g/mol. The number of ether oxygens (including phenoxy) is 2. The van der Waals surface area contributed by atoms with E-state index in [0.717, 1.165) is 38.2 Å². The van der Waals surface area contributed by atoms with Crippen LogP contribution >= 0.6 is 0 Å². The highest BCUT2D eigenvalue weighted by atomic mass is 19.1. The zero-order chi connectivity index (χ0) is 29.2. The minimum atomic E-state index is -0.835. The van der Waals surface area contributed by atoms with E-state index < -0.39 is 23.1 Å². The van der Waals surface area contributed by atoms with E-state index in [1.165, 1.54) is 13.2 Å². The van der Waals surface area contributed by atoms with Crippen molar-refractivity contribution in [1.29, 1.82) is 0 Å².